The van der Waals surface area contributed by atoms with Gasteiger partial charge in [0.2, 0.25) is 5.91 Å². The maximum Gasteiger partial charge on any atom is 0.375 e. The fraction of sp³-hybridized carbons (Fsp3) is 0.409. The van der Waals surface area contributed by atoms with E-state index < -0.39 is 5.91 Å². The Kier molecular flexibility index (Phi) is 5.36. The molecule has 2 aromatic heterocycles. The monoisotopic (exact) mass is 489 g/mol. The van der Waals surface area contributed by atoms with Crippen molar-refractivity contribution in [3.05, 3.63) is 36.1 Å². The fourth-order valence-electron chi connectivity index (χ4n) is 4.20. The summed E-state index contributed by atoms with van der Waals surface area (Å²) in [4.78, 5) is 40.2. The molecule has 14 heteroatoms. The normalized spacial score (nSPS) is 22.4. The van der Waals surface area contributed by atoms with E-state index in [9.17, 15) is 9.59 Å². The number of hydrogen-bond donors (Lipinski definition) is 3. The average Bonchev–Trinajstić information content (AvgIpc) is 3.49. The number of nitrogens with one attached hydrogen (secondary N) is 3. The van der Waals surface area contributed by atoms with Gasteiger partial charge in [-0.15, -0.1) is 14.9 Å². The predicted octanol–water partition coefficient (Wildman–Crippen LogP) is -0.661. The number of nitrogens with zero attached hydrogens (tertiary/aromatic N) is 9. The Morgan fingerprint density at radius 3 is 2.81 bits per heavy atom. The number of aryl methyl sites for hydroxylation is 1. The SMILES string of the molecule is CNC(=O)c1nnc(NC(=O)C2CC2)cc1N=C1N=C2C=CC(N3CC(c4ncn(C)n4)C3)C=[N+]2N1. The second-order valence-corrected chi connectivity index (χ2v) is 9.12. The van der Waals surface area contributed by atoms with Crippen LogP contribution in [-0.4, -0.2) is 90.5 Å². The van der Waals surface area contributed by atoms with Gasteiger partial charge in [-0.1, -0.05) is 6.08 Å². The predicted molar refractivity (Wildman–Crippen MR) is 129 cm³/mol. The molecule has 1 aliphatic carbocycles. The number of fused-ring (bicyclic) bond motifs is 1. The Morgan fingerprint density at radius 2 is 2.08 bits per heavy atom. The topological polar surface area (TPSA) is 158 Å². The van der Waals surface area contributed by atoms with E-state index in [4.69, 9.17) is 0 Å². The van der Waals surface area contributed by atoms with E-state index in [-0.39, 0.29) is 35.1 Å². The van der Waals surface area contributed by atoms with Crippen LogP contribution in [0, 0.1) is 5.92 Å². The summed E-state index contributed by atoms with van der Waals surface area (Å²) in [5.74, 6) is 1.87. The molecule has 1 saturated carbocycles. The molecule has 2 aromatic rings. The molecule has 0 aromatic carbocycles. The molecular formula is C22H25N12O2+. The first-order chi connectivity index (χ1) is 17.5. The minimum Gasteiger partial charge on any atom is -0.354 e. The van der Waals surface area contributed by atoms with Crippen LogP contribution in [0.5, 0.6) is 0 Å². The van der Waals surface area contributed by atoms with Crippen molar-refractivity contribution in [2.75, 3.05) is 25.5 Å². The number of amidine groups is 1. The van der Waals surface area contributed by atoms with Crippen molar-refractivity contribution in [2.24, 2.45) is 23.0 Å². The standard InChI is InChI=1S/C22H24N12O2/c1-23-21(36)18-15(7-16(28-29-18)26-20(35)12-3-4-12)25-22-27-17-6-5-14(10-34(17)31-22)33-8-13(9-33)19-24-11-32(2)30-19/h5-7,10-14H,3-4,8-9H2,1-2H3,(H2-,23,25,26,28,31,35,36)/p+1. The maximum atomic E-state index is 12.3. The number of anilines is 1. The molecule has 1 atom stereocenters. The molecule has 4 aliphatic rings. The van der Waals surface area contributed by atoms with Gasteiger partial charge in [0.05, 0.1) is 6.04 Å². The summed E-state index contributed by atoms with van der Waals surface area (Å²) in [6, 6.07) is 1.61. The average molecular weight is 490 g/mol. The summed E-state index contributed by atoms with van der Waals surface area (Å²) in [6.45, 7) is 1.73. The molecule has 0 bridgehead atoms. The number of hydrogen-bond acceptors (Lipinski definition) is 8. The fourth-order valence-corrected chi connectivity index (χ4v) is 4.20. The van der Waals surface area contributed by atoms with Crippen LogP contribution in [0.2, 0.25) is 0 Å². The third-order valence-corrected chi connectivity index (χ3v) is 6.39. The Labute approximate surface area is 205 Å². The van der Waals surface area contributed by atoms with E-state index in [0.717, 1.165) is 31.8 Å². The van der Waals surface area contributed by atoms with Gasteiger partial charge in [-0.05, 0) is 12.8 Å². The summed E-state index contributed by atoms with van der Waals surface area (Å²) in [7, 11) is 3.37. The van der Waals surface area contributed by atoms with Crippen LogP contribution in [0.1, 0.15) is 35.1 Å². The molecule has 36 heavy (non-hydrogen) atoms. The molecule has 1 saturated heterocycles. The highest BCUT2D eigenvalue weighted by Gasteiger charge is 2.38. The third-order valence-electron chi connectivity index (χ3n) is 6.39. The first kappa shape index (κ1) is 22.2. The van der Waals surface area contributed by atoms with E-state index in [1.54, 1.807) is 15.7 Å². The van der Waals surface area contributed by atoms with Crippen molar-refractivity contribution >= 4 is 41.3 Å². The first-order valence-corrected chi connectivity index (χ1v) is 11.7. The molecule has 0 spiro atoms. The molecule has 184 valence electrons. The van der Waals surface area contributed by atoms with Crippen molar-refractivity contribution in [1.82, 2.24) is 40.6 Å². The highest BCUT2D eigenvalue weighted by atomic mass is 16.2. The largest absolute Gasteiger partial charge is 0.375 e. The second kappa shape index (κ2) is 8.71. The number of hydrazine groups is 1. The Hall–Kier alpha value is -4.33. The van der Waals surface area contributed by atoms with Crippen molar-refractivity contribution in [1.29, 1.82) is 0 Å². The van der Waals surface area contributed by atoms with Gasteiger partial charge in [-0.2, -0.15) is 15.5 Å². The number of carbonyl (C=O) groups is 2. The lowest BCUT2D eigenvalue weighted by molar-refractivity contribution is -0.446. The summed E-state index contributed by atoms with van der Waals surface area (Å²) in [6.07, 6.45) is 9.49. The number of carbonyl (C=O) groups excluding carboxylic acids is 2. The summed E-state index contributed by atoms with van der Waals surface area (Å²) in [5, 5.41) is 17.6. The molecule has 14 nitrogen and oxygen atoms in total. The molecule has 0 radical (unpaired) electrons. The quantitative estimate of drug-likeness (QED) is 0.451. The van der Waals surface area contributed by atoms with E-state index in [1.807, 2.05) is 19.3 Å². The minimum atomic E-state index is -0.438. The van der Waals surface area contributed by atoms with E-state index in [0.29, 0.717) is 17.7 Å². The van der Waals surface area contributed by atoms with Crippen molar-refractivity contribution in [2.45, 2.75) is 24.8 Å². The molecule has 2 fully saturated rings. The number of rotatable bonds is 6. The van der Waals surface area contributed by atoms with Gasteiger partial charge in [0.15, 0.2) is 17.3 Å². The van der Waals surface area contributed by atoms with Crippen LogP contribution in [0.4, 0.5) is 11.5 Å². The smallest absolute Gasteiger partial charge is 0.354 e. The number of amides is 2. The number of hydrazone groups is 1. The van der Waals surface area contributed by atoms with Crippen molar-refractivity contribution < 1.29 is 14.3 Å². The van der Waals surface area contributed by atoms with E-state index in [1.165, 1.54) is 13.1 Å². The molecule has 2 amide bonds. The zero-order valence-corrected chi connectivity index (χ0v) is 19.8. The van der Waals surface area contributed by atoms with Crippen LogP contribution in [0.25, 0.3) is 0 Å². The summed E-state index contributed by atoms with van der Waals surface area (Å²) in [5.41, 5.74) is 3.43. The maximum absolute atomic E-state index is 12.3. The molecule has 3 aliphatic heterocycles. The van der Waals surface area contributed by atoms with Crippen LogP contribution in [-0.2, 0) is 11.8 Å². The zero-order chi connectivity index (χ0) is 24.8. The van der Waals surface area contributed by atoms with Crippen LogP contribution < -0.4 is 16.1 Å². The Bertz CT molecular complexity index is 1360. The van der Waals surface area contributed by atoms with Gasteiger partial charge < -0.3 is 10.6 Å². The van der Waals surface area contributed by atoms with Gasteiger partial charge in [0, 0.05) is 56.2 Å². The van der Waals surface area contributed by atoms with E-state index >= 15 is 0 Å². The lowest BCUT2D eigenvalue weighted by Gasteiger charge is -2.40. The van der Waals surface area contributed by atoms with Crippen molar-refractivity contribution in [3.8, 4) is 0 Å². The van der Waals surface area contributed by atoms with Gasteiger partial charge in [-0.3, -0.25) is 19.2 Å². The molecule has 5 heterocycles. The van der Waals surface area contributed by atoms with Gasteiger partial charge in [-0.25, -0.2) is 4.98 Å². The molecule has 1 unspecified atom stereocenters. The minimum absolute atomic E-state index is 0.0104. The number of aliphatic imine (C=N–C) groups is 2. The molecule has 6 rings (SSSR count). The Balaban J connectivity index is 1.18. The van der Waals surface area contributed by atoms with Gasteiger partial charge >= 0.3 is 11.8 Å². The highest BCUT2D eigenvalue weighted by Crippen LogP contribution is 2.31. The second-order valence-electron chi connectivity index (χ2n) is 9.12. The van der Waals surface area contributed by atoms with Crippen molar-refractivity contribution in [3.63, 3.8) is 0 Å². The van der Waals surface area contributed by atoms with Gasteiger partial charge in [0.25, 0.3) is 5.91 Å². The summed E-state index contributed by atoms with van der Waals surface area (Å²) >= 11 is 0. The third kappa shape index (κ3) is 4.26. The number of aromatic nitrogens is 5. The summed E-state index contributed by atoms with van der Waals surface area (Å²) < 4.78 is 3.53. The number of guanidine groups is 1. The van der Waals surface area contributed by atoms with Gasteiger partial charge in [0.1, 0.15) is 18.2 Å². The van der Waals surface area contributed by atoms with Crippen LogP contribution >= 0.6 is 0 Å². The first-order valence-electron chi connectivity index (χ1n) is 11.7. The van der Waals surface area contributed by atoms with E-state index in [2.05, 4.69) is 57.3 Å². The lowest BCUT2D eigenvalue weighted by atomic mass is 9.96. The molecular weight excluding hydrogens is 464 g/mol. The Morgan fingerprint density at radius 1 is 1.25 bits per heavy atom. The number of likely N-dealkylation sites (tertiary alicyclic amines) is 1. The van der Waals surface area contributed by atoms with Crippen LogP contribution in [0.3, 0.4) is 0 Å². The zero-order valence-electron chi connectivity index (χ0n) is 19.8. The molecule has 3 N–H and O–H groups in total. The highest BCUT2D eigenvalue weighted by molar-refractivity contribution is 6.05. The van der Waals surface area contributed by atoms with Crippen LogP contribution in [0.15, 0.2) is 34.5 Å². The lowest BCUT2D eigenvalue weighted by Crippen LogP contribution is -2.53.